The zero-order chi connectivity index (χ0) is 14.7. The Kier molecular flexibility index (Phi) is 4.61. The van der Waals surface area contributed by atoms with Crippen molar-refractivity contribution in [3.63, 3.8) is 0 Å². The van der Waals surface area contributed by atoms with Crippen molar-refractivity contribution >= 4 is 17.4 Å². The molecule has 0 aliphatic carbocycles. The van der Waals surface area contributed by atoms with Gasteiger partial charge < -0.3 is 0 Å². The van der Waals surface area contributed by atoms with Gasteiger partial charge in [-0.25, -0.2) is 0 Å². The largest absolute Gasteiger partial charge is 0.289 e. The quantitative estimate of drug-likeness (QED) is 0.723. The third-order valence-corrected chi connectivity index (χ3v) is 4.17. The third kappa shape index (κ3) is 2.78. The average Bonchev–Trinajstić information content (AvgIpc) is 2.48. The lowest BCUT2D eigenvalue weighted by atomic mass is 9.95. The van der Waals surface area contributed by atoms with Crippen molar-refractivity contribution in [3.05, 3.63) is 69.2 Å². The molecule has 2 rings (SSSR count). The second kappa shape index (κ2) is 6.23. The lowest BCUT2D eigenvalue weighted by Crippen LogP contribution is -2.05. The molecule has 0 unspecified atom stereocenters. The van der Waals surface area contributed by atoms with E-state index >= 15 is 0 Å². The van der Waals surface area contributed by atoms with Crippen molar-refractivity contribution < 1.29 is 4.79 Å². The number of hydrogen-bond acceptors (Lipinski definition) is 1. The number of aryl methyl sites for hydroxylation is 3. The molecule has 0 atom stereocenters. The Bertz CT molecular complexity index is 644. The fraction of sp³-hybridized carbons (Fsp3) is 0.278. The summed E-state index contributed by atoms with van der Waals surface area (Å²) < 4.78 is 0. The Labute approximate surface area is 125 Å². The van der Waals surface area contributed by atoms with Crippen molar-refractivity contribution in [2.45, 2.75) is 33.6 Å². The average molecular weight is 287 g/mol. The first-order chi connectivity index (χ1) is 9.58. The molecule has 0 aliphatic rings. The van der Waals surface area contributed by atoms with E-state index in [0.717, 1.165) is 18.4 Å². The summed E-state index contributed by atoms with van der Waals surface area (Å²) in [6, 6.07) is 11.5. The molecule has 0 saturated carbocycles. The van der Waals surface area contributed by atoms with Gasteiger partial charge in [-0.2, -0.15) is 0 Å². The van der Waals surface area contributed by atoms with E-state index in [4.69, 9.17) is 11.6 Å². The van der Waals surface area contributed by atoms with Crippen LogP contribution in [0, 0.1) is 6.92 Å². The molecule has 0 aromatic heterocycles. The highest BCUT2D eigenvalue weighted by Gasteiger charge is 2.15. The van der Waals surface area contributed by atoms with Crippen LogP contribution in [0.2, 0.25) is 5.02 Å². The van der Waals surface area contributed by atoms with Crippen LogP contribution in [-0.4, -0.2) is 5.78 Å². The number of hydrogen-bond donors (Lipinski definition) is 0. The highest BCUT2D eigenvalue weighted by Crippen LogP contribution is 2.24. The SMILES string of the molecule is CCc1ccc(C(=O)c2cccc(C)c2Cl)cc1CC. The van der Waals surface area contributed by atoms with Gasteiger partial charge in [-0.15, -0.1) is 0 Å². The predicted molar refractivity (Wildman–Crippen MR) is 84.8 cm³/mol. The van der Waals surface area contributed by atoms with Gasteiger partial charge in [-0.1, -0.05) is 49.7 Å². The van der Waals surface area contributed by atoms with Gasteiger partial charge in [0, 0.05) is 11.1 Å². The first-order valence-electron chi connectivity index (χ1n) is 7.00. The van der Waals surface area contributed by atoms with E-state index in [9.17, 15) is 4.79 Å². The van der Waals surface area contributed by atoms with E-state index in [1.165, 1.54) is 11.1 Å². The Morgan fingerprint density at radius 1 is 1.05 bits per heavy atom. The van der Waals surface area contributed by atoms with E-state index in [0.29, 0.717) is 16.1 Å². The Hall–Kier alpha value is -1.60. The maximum absolute atomic E-state index is 12.6. The predicted octanol–water partition coefficient (Wildman–Crippen LogP) is 5.00. The van der Waals surface area contributed by atoms with Gasteiger partial charge in [-0.3, -0.25) is 4.79 Å². The van der Waals surface area contributed by atoms with Crippen LogP contribution in [-0.2, 0) is 12.8 Å². The topological polar surface area (TPSA) is 17.1 Å². The van der Waals surface area contributed by atoms with Gasteiger partial charge in [0.1, 0.15) is 0 Å². The van der Waals surface area contributed by atoms with Gasteiger partial charge in [-0.05, 0) is 48.6 Å². The number of benzene rings is 2. The molecular formula is C18H19ClO. The van der Waals surface area contributed by atoms with Crippen molar-refractivity contribution in [1.82, 2.24) is 0 Å². The summed E-state index contributed by atoms with van der Waals surface area (Å²) in [6.45, 7) is 6.16. The monoisotopic (exact) mass is 286 g/mol. The molecule has 0 N–H and O–H groups in total. The van der Waals surface area contributed by atoms with Crippen LogP contribution in [0.25, 0.3) is 0 Å². The number of ketones is 1. The summed E-state index contributed by atoms with van der Waals surface area (Å²) in [5, 5.41) is 0.551. The van der Waals surface area contributed by atoms with Crippen molar-refractivity contribution in [2.24, 2.45) is 0 Å². The molecule has 104 valence electrons. The van der Waals surface area contributed by atoms with Gasteiger partial charge in [0.25, 0.3) is 0 Å². The molecule has 2 heteroatoms. The lowest BCUT2D eigenvalue weighted by Gasteiger charge is -2.10. The Morgan fingerprint density at radius 3 is 2.40 bits per heavy atom. The standard InChI is InChI=1S/C18H19ClO/c1-4-13-9-10-15(11-14(13)5-2)18(20)16-8-6-7-12(3)17(16)19/h6-11H,4-5H2,1-3H3. The highest BCUT2D eigenvalue weighted by atomic mass is 35.5. The number of carbonyl (C=O) groups is 1. The zero-order valence-corrected chi connectivity index (χ0v) is 12.9. The van der Waals surface area contributed by atoms with Crippen LogP contribution < -0.4 is 0 Å². The fourth-order valence-electron chi connectivity index (χ4n) is 2.42. The van der Waals surface area contributed by atoms with Gasteiger partial charge in [0.2, 0.25) is 0 Å². The third-order valence-electron chi connectivity index (χ3n) is 3.67. The van der Waals surface area contributed by atoms with Crippen LogP contribution in [0.3, 0.4) is 0 Å². The zero-order valence-electron chi connectivity index (χ0n) is 12.2. The normalized spacial score (nSPS) is 10.6. The number of rotatable bonds is 4. The molecule has 2 aromatic rings. The molecule has 0 spiro atoms. The smallest absolute Gasteiger partial charge is 0.194 e. The summed E-state index contributed by atoms with van der Waals surface area (Å²) >= 11 is 6.25. The van der Waals surface area contributed by atoms with Crippen LogP contribution in [0.4, 0.5) is 0 Å². The molecule has 0 bridgehead atoms. The minimum absolute atomic E-state index is 0.00365. The van der Waals surface area contributed by atoms with Crippen LogP contribution in [0.5, 0.6) is 0 Å². The molecule has 0 amide bonds. The second-order valence-electron chi connectivity index (χ2n) is 4.96. The molecule has 0 heterocycles. The van der Waals surface area contributed by atoms with Crippen molar-refractivity contribution in [2.75, 3.05) is 0 Å². The second-order valence-corrected chi connectivity index (χ2v) is 5.33. The van der Waals surface area contributed by atoms with Gasteiger partial charge >= 0.3 is 0 Å². The first-order valence-corrected chi connectivity index (χ1v) is 7.37. The van der Waals surface area contributed by atoms with Gasteiger partial charge in [0.15, 0.2) is 5.78 Å². The summed E-state index contributed by atoms with van der Waals surface area (Å²) in [5.74, 6) is -0.00365. The van der Waals surface area contributed by atoms with Crippen molar-refractivity contribution in [3.8, 4) is 0 Å². The fourth-order valence-corrected chi connectivity index (χ4v) is 2.63. The maximum Gasteiger partial charge on any atom is 0.194 e. The molecular weight excluding hydrogens is 268 g/mol. The lowest BCUT2D eigenvalue weighted by molar-refractivity contribution is 0.103. The summed E-state index contributed by atoms with van der Waals surface area (Å²) in [5.41, 5.74) is 4.77. The van der Waals surface area contributed by atoms with E-state index in [-0.39, 0.29) is 5.78 Å². The van der Waals surface area contributed by atoms with Crippen LogP contribution in [0.1, 0.15) is 46.5 Å². The first kappa shape index (κ1) is 14.8. The molecule has 0 fully saturated rings. The number of halogens is 1. The van der Waals surface area contributed by atoms with E-state index in [1.807, 2.05) is 31.2 Å². The Balaban J connectivity index is 2.46. The van der Waals surface area contributed by atoms with Crippen LogP contribution in [0.15, 0.2) is 36.4 Å². The summed E-state index contributed by atoms with van der Waals surface area (Å²) in [4.78, 5) is 12.6. The molecule has 0 saturated heterocycles. The summed E-state index contributed by atoms with van der Waals surface area (Å²) in [7, 11) is 0. The molecule has 2 aromatic carbocycles. The molecule has 0 radical (unpaired) electrons. The minimum Gasteiger partial charge on any atom is -0.289 e. The maximum atomic E-state index is 12.6. The van der Waals surface area contributed by atoms with E-state index in [1.54, 1.807) is 6.07 Å². The van der Waals surface area contributed by atoms with E-state index < -0.39 is 0 Å². The van der Waals surface area contributed by atoms with Gasteiger partial charge in [0.05, 0.1) is 5.02 Å². The number of carbonyl (C=O) groups excluding carboxylic acids is 1. The molecule has 20 heavy (non-hydrogen) atoms. The highest BCUT2D eigenvalue weighted by molar-refractivity contribution is 6.35. The van der Waals surface area contributed by atoms with Crippen LogP contribution >= 0.6 is 11.6 Å². The Morgan fingerprint density at radius 2 is 1.75 bits per heavy atom. The van der Waals surface area contributed by atoms with Crippen molar-refractivity contribution in [1.29, 1.82) is 0 Å². The summed E-state index contributed by atoms with van der Waals surface area (Å²) in [6.07, 6.45) is 1.93. The van der Waals surface area contributed by atoms with E-state index in [2.05, 4.69) is 19.9 Å². The molecule has 0 aliphatic heterocycles. The minimum atomic E-state index is -0.00365. The molecule has 1 nitrogen and oxygen atoms in total.